The molecule has 0 bridgehead atoms. The van der Waals surface area contributed by atoms with Crippen LogP contribution >= 0.6 is 0 Å². The zero-order valence-electron chi connectivity index (χ0n) is 14.7. The molecule has 2 aromatic rings. The molecule has 0 saturated carbocycles. The fourth-order valence-corrected chi connectivity index (χ4v) is 2.35. The van der Waals surface area contributed by atoms with E-state index in [4.69, 9.17) is 0 Å². The smallest absolute Gasteiger partial charge is 0.254 e. The van der Waals surface area contributed by atoms with E-state index in [0.717, 1.165) is 12.1 Å². The third-order valence-corrected chi connectivity index (χ3v) is 3.53. The fraction of sp³-hybridized carbons (Fsp3) is 0.316. The summed E-state index contributed by atoms with van der Waals surface area (Å²) in [6.45, 7) is 4.04. The highest BCUT2D eigenvalue weighted by Crippen LogP contribution is 2.09. The predicted molar refractivity (Wildman–Crippen MR) is 93.7 cm³/mol. The second-order valence-electron chi connectivity index (χ2n) is 6.03. The van der Waals surface area contributed by atoms with Crippen molar-refractivity contribution in [3.8, 4) is 0 Å². The van der Waals surface area contributed by atoms with Crippen LogP contribution in [-0.4, -0.2) is 29.0 Å². The van der Waals surface area contributed by atoms with Crippen LogP contribution < -0.4 is 10.8 Å². The first-order valence-corrected chi connectivity index (χ1v) is 8.36. The first kappa shape index (κ1) is 19.5. The standard InChI is InChI=1S/C19H21F2N3O2/c1-13(2)23-17-6-3-4-11-24(17)18(25)7-5-10-22-19(26)15-9-8-14(20)12-16(15)21/h3-4,6,8-9,11-13H,5,7,10H2,1-2H3,(H,22,26). The van der Waals surface area contributed by atoms with Gasteiger partial charge in [0.2, 0.25) is 5.91 Å². The van der Waals surface area contributed by atoms with E-state index >= 15 is 0 Å². The lowest BCUT2D eigenvalue weighted by atomic mass is 10.2. The van der Waals surface area contributed by atoms with E-state index in [0.29, 0.717) is 18.0 Å². The summed E-state index contributed by atoms with van der Waals surface area (Å²) < 4.78 is 27.9. The maximum Gasteiger partial charge on any atom is 0.254 e. The third-order valence-electron chi connectivity index (χ3n) is 3.53. The van der Waals surface area contributed by atoms with Crippen molar-refractivity contribution >= 4 is 11.8 Å². The molecular formula is C19H21F2N3O2. The van der Waals surface area contributed by atoms with Gasteiger partial charge in [0.15, 0.2) is 0 Å². The Morgan fingerprint density at radius 1 is 1.19 bits per heavy atom. The van der Waals surface area contributed by atoms with E-state index in [-0.39, 0.29) is 30.5 Å². The van der Waals surface area contributed by atoms with Crippen molar-refractivity contribution in [2.24, 2.45) is 4.99 Å². The Labute approximate surface area is 150 Å². The van der Waals surface area contributed by atoms with Crippen LogP contribution in [-0.2, 0) is 0 Å². The summed E-state index contributed by atoms with van der Waals surface area (Å²) in [5.41, 5.74) is 0.345. The minimum absolute atomic E-state index is 0.0568. The second-order valence-corrected chi connectivity index (χ2v) is 6.03. The Bertz CT molecular complexity index is 860. The molecule has 1 N–H and O–H groups in total. The Hall–Kier alpha value is -2.83. The van der Waals surface area contributed by atoms with Crippen LogP contribution in [0.1, 0.15) is 41.8 Å². The molecule has 26 heavy (non-hydrogen) atoms. The van der Waals surface area contributed by atoms with E-state index in [2.05, 4.69) is 10.3 Å². The summed E-state index contributed by atoms with van der Waals surface area (Å²) in [5, 5.41) is 2.53. The molecule has 0 radical (unpaired) electrons. The van der Waals surface area contributed by atoms with Crippen molar-refractivity contribution in [1.82, 2.24) is 9.88 Å². The molecule has 0 unspecified atom stereocenters. The van der Waals surface area contributed by atoms with Gasteiger partial charge in [-0.15, -0.1) is 0 Å². The van der Waals surface area contributed by atoms with Gasteiger partial charge in [0.1, 0.15) is 17.1 Å². The quantitative estimate of drug-likeness (QED) is 0.804. The van der Waals surface area contributed by atoms with Crippen LogP contribution in [0.5, 0.6) is 0 Å². The van der Waals surface area contributed by atoms with Gasteiger partial charge in [0.25, 0.3) is 5.91 Å². The molecule has 1 aromatic carbocycles. The Morgan fingerprint density at radius 2 is 1.96 bits per heavy atom. The van der Waals surface area contributed by atoms with Gasteiger partial charge in [-0.1, -0.05) is 6.07 Å². The first-order chi connectivity index (χ1) is 12.4. The Morgan fingerprint density at radius 3 is 2.65 bits per heavy atom. The van der Waals surface area contributed by atoms with E-state index in [1.54, 1.807) is 18.3 Å². The number of pyridine rings is 1. The molecule has 5 nitrogen and oxygen atoms in total. The zero-order chi connectivity index (χ0) is 19.1. The van der Waals surface area contributed by atoms with Gasteiger partial charge in [-0.2, -0.15) is 0 Å². The van der Waals surface area contributed by atoms with Gasteiger partial charge in [-0.3, -0.25) is 19.1 Å². The monoisotopic (exact) mass is 361 g/mol. The molecular weight excluding hydrogens is 340 g/mol. The number of nitrogens with zero attached hydrogens (tertiary/aromatic N) is 2. The van der Waals surface area contributed by atoms with E-state index < -0.39 is 17.5 Å². The first-order valence-electron chi connectivity index (χ1n) is 8.36. The Balaban J connectivity index is 1.90. The number of nitrogens with one attached hydrogen (secondary N) is 1. The lowest BCUT2D eigenvalue weighted by Gasteiger charge is -2.08. The van der Waals surface area contributed by atoms with Gasteiger partial charge in [0.05, 0.1) is 5.56 Å². The summed E-state index contributed by atoms with van der Waals surface area (Å²) >= 11 is 0. The van der Waals surface area contributed by atoms with Gasteiger partial charge >= 0.3 is 0 Å². The predicted octanol–water partition coefficient (Wildman–Crippen LogP) is 2.93. The lowest BCUT2D eigenvalue weighted by Crippen LogP contribution is -2.29. The highest BCUT2D eigenvalue weighted by molar-refractivity contribution is 5.94. The average molecular weight is 361 g/mol. The second kappa shape index (κ2) is 9.03. The van der Waals surface area contributed by atoms with Gasteiger partial charge in [0, 0.05) is 31.3 Å². The molecule has 2 rings (SSSR count). The number of benzene rings is 1. The summed E-state index contributed by atoms with van der Waals surface area (Å²) in [6.07, 6.45) is 2.23. The number of carbonyl (C=O) groups excluding carboxylic acids is 2. The van der Waals surface area contributed by atoms with Crippen LogP contribution in [0.15, 0.2) is 47.6 Å². The summed E-state index contributed by atoms with van der Waals surface area (Å²) in [7, 11) is 0. The number of rotatable bonds is 6. The number of aromatic nitrogens is 1. The minimum Gasteiger partial charge on any atom is -0.352 e. The van der Waals surface area contributed by atoms with Crippen LogP contribution in [0.2, 0.25) is 0 Å². The Kier molecular flexibility index (Phi) is 6.77. The number of carbonyl (C=O) groups is 2. The fourth-order valence-electron chi connectivity index (χ4n) is 2.35. The van der Waals surface area contributed by atoms with Crippen LogP contribution in [0.3, 0.4) is 0 Å². The summed E-state index contributed by atoms with van der Waals surface area (Å²) in [4.78, 5) is 28.6. The molecule has 0 spiro atoms. The van der Waals surface area contributed by atoms with Crippen molar-refractivity contribution < 1.29 is 18.4 Å². The molecule has 1 heterocycles. The maximum atomic E-state index is 13.5. The molecule has 138 valence electrons. The number of amides is 1. The number of hydrogen-bond donors (Lipinski definition) is 1. The topological polar surface area (TPSA) is 63.5 Å². The normalized spacial score (nSPS) is 11.7. The van der Waals surface area contributed by atoms with Gasteiger partial charge in [-0.25, -0.2) is 8.78 Å². The largest absolute Gasteiger partial charge is 0.352 e. The molecule has 0 saturated heterocycles. The van der Waals surface area contributed by atoms with Crippen molar-refractivity contribution in [2.45, 2.75) is 32.7 Å². The van der Waals surface area contributed by atoms with Crippen LogP contribution in [0.25, 0.3) is 0 Å². The maximum absolute atomic E-state index is 13.5. The summed E-state index contributed by atoms with van der Waals surface area (Å²) in [5.74, 6) is -2.45. The molecule has 0 aliphatic heterocycles. The van der Waals surface area contributed by atoms with Crippen molar-refractivity contribution in [3.63, 3.8) is 0 Å². The van der Waals surface area contributed by atoms with Gasteiger partial charge in [-0.05, 0) is 44.5 Å². The van der Waals surface area contributed by atoms with E-state index in [1.165, 1.54) is 4.57 Å². The molecule has 0 aliphatic carbocycles. The average Bonchev–Trinajstić information content (AvgIpc) is 2.58. The zero-order valence-corrected chi connectivity index (χ0v) is 14.7. The molecule has 1 aromatic heterocycles. The van der Waals surface area contributed by atoms with E-state index in [1.807, 2.05) is 19.9 Å². The molecule has 1 amide bonds. The van der Waals surface area contributed by atoms with Crippen molar-refractivity contribution in [2.75, 3.05) is 6.54 Å². The SMILES string of the molecule is CC(C)N=c1ccccn1C(=O)CCCNC(=O)c1ccc(F)cc1F. The van der Waals surface area contributed by atoms with E-state index in [9.17, 15) is 18.4 Å². The van der Waals surface area contributed by atoms with Crippen LogP contribution in [0, 0.1) is 11.6 Å². The molecule has 0 fully saturated rings. The third kappa shape index (κ3) is 5.34. The molecule has 0 aliphatic rings. The number of hydrogen-bond acceptors (Lipinski definition) is 3. The number of halogens is 2. The highest BCUT2D eigenvalue weighted by atomic mass is 19.1. The van der Waals surface area contributed by atoms with Crippen molar-refractivity contribution in [3.05, 3.63) is 65.3 Å². The van der Waals surface area contributed by atoms with Gasteiger partial charge < -0.3 is 5.32 Å². The highest BCUT2D eigenvalue weighted by Gasteiger charge is 2.12. The lowest BCUT2D eigenvalue weighted by molar-refractivity contribution is 0.0883. The summed E-state index contributed by atoms with van der Waals surface area (Å²) in [6, 6.07) is 8.14. The molecule has 0 atom stereocenters. The minimum atomic E-state index is -0.918. The molecule has 7 heteroatoms. The van der Waals surface area contributed by atoms with Crippen molar-refractivity contribution in [1.29, 1.82) is 0 Å². The van der Waals surface area contributed by atoms with Crippen LogP contribution in [0.4, 0.5) is 8.78 Å².